The van der Waals surface area contributed by atoms with Gasteiger partial charge in [0.15, 0.2) is 11.5 Å². The van der Waals surface area contributed by atoms with Gasteiger partial charge in [-0.2, -0.15) is 5.26 Å². The summed E-state index contributed by atoms with van der Waals surface area (Å²) < 4.78 is 10.4. The van der Waals surface area contributed by atoms with Gasteiger partial charge >= 0.3 is 0 Å². The Morgan fingerprint density at radius 2 is 2.04 bits per heavy atom. The van der Waals surface area contributed by atoms with Gasteiger partial charge in [-0.25, -0.2) is 0 Å². The molecule has 0 saturated carbocycles. The summed E-state index contributed by atoms with van der Waals surface area (Å²) in [4.78, 5) is 16.0. The van der Waals surface area contributed by atoms with E-state index in [2.05, 4.69) is 10.3 Å². The highest BCUT2D eigenvalue weighted by Crippen LogP contribution is 2.28. The molecule has 0 spiro atoms. The molecule has 0 saturated heterocycles. The van der Waals surface area contributed by atoms with E-state index in [1.54, 1.807) is 36.5 Å². The molecule has 0 aliphatic heterocycles. The maximum Gasteiger partial charge on any atom is 0.266 e. The van der Waals surface area contributed by atoms with Crippen LogP contribution < -0.4 is 14.8 Å². The number of pyridine rings is 1. The molecule has 2 rings (SSSR count). The average molecular weight is 309 g/mol. The van der Waals surface area contributed by atoms with E-state index < -0.39 is 5.91 Å². The molecule has 1 N–H and O–H groups in total. The van der Waals surface area contributed by atoms with Crippen molar-refractivity contribution in [2.75, 3.05) is 19.5 Å². The smallest absolute Gasteiger partial charge is 0.266 e. The standard InChI is InChI=1S/C17H15N3O3/c1-22-15-6-5-12(9-16(15)23-2)8-13(10-18)17(21)20-14-4-3-7-19-11-14/h3-9,11H,1-2H3,(H,20,21). The third kappa shape index (κ3) is 4.08. The lowest BCUT2D eigenvalue weighted by atomic mass is 10.1. The number of nitrogens with zero attached hydrogens (tertiary/aromatic N) is 2. The molecular formula is C17H15N3O3. The molecule has 0 fully saturated rings. The lowest BCUT2D eigenvalue weighted by Gasteiger charge is -2.08. The van der Waals surface area contributed by atoms with Crippen molar-refractivity contribution in [2.45, 2.75) is 0 Å². The monoisotopic (exact) mass is 309 g/mol. The third-order valence-electron chi connectivity index (χ3n) is 3.00. The summed E-state index contributed by atoms with van der Waals surface area (Å²) in [6.07, 6.45) is 4.58. The fourth-order valence-electron chi connectivity index (χ4n) is 1.89. The van der Waals surface area contributed by atoms with E-state index in [0.717, 1.165) is 0 Å². The minimum absolute atomic E-state index is 0.0268. The van der Waals surface area contributed by atoms with E-state index in [-0.39, 0.29) is 5.57 Å². The lowest BCUT2D eigenvalue weighted by Crippen LogP contribution is -2.13. The molecule has 0 unspecified atom stereocenters. The fourth-order valence-corrected chi connectivity index (χ4v) is 1.89. The van der Waals surface area contributed by atoms with Gasteiger partial charge in [0.2, 0.25) is 0 Å². The van der Waals surface area contributed by atoms with Crippen LogP contribution >= 0.6 is 0 Å². The fraction of sp³-hybridized carbons (Fsp3) is 0.118. The van der Waals surface area contributed by atoms with Gasteiger partial charge < -0.3 is 14.8 Å². The highest BCUT2D eigenvalue weighted by atomic mass is 16.5. The molecule has 0 aliphatic rings. The van der Waals surface area contributed by atoms with Crippen molar-refractivity contribution >= 4 is 17.7 Å². The van der Waals surface area contributed by atoms with E-state index in [9.17, 15) is 10.1 Å². The number of anilines is 1. The summed E-state index contributed by atoms with van der Waals surface area (Å²) in [5.74, 6) is 0.587. The first kappa shape index (κ1) is 16.0. The van der Waals surface area contributed by atoms with Crippen LogP contribution in [0.5, 0.6) is 11.5 Å². The number of nitrogens with one attached hydrogen (secondary N) is 1. The predicted octanol–water partition coefficient (Wildman–Crippen LogP) is 2.64. The summed E-state index contributed by atoms with van der Waals surface area (Å²) >= 11 is 0. The summed E-state index contributed by atoms with van der Waals surface area (Å²) in [5, 5.41) is 11.8. The number of hydrogen-bond acceptors (Lipinski definition) is 5. The SMILES string of the molecule is COc1ccc(C=C(C#N)C(=O)Nc2cccnc2)cc1OC. The first-order chi connectivity index (χ1) is 11.2. The quantitative estimate of drug-likeness (QED) is 0.678. The molecule has 1 aromatic heterocycles. The highest BCUT2D eigenvalue weighted by Gasteiger charge is 2.11. The van der Waals surface area contributed by atoms with Gasteiger partial charge in [-0.3, -0.25) is 9.78 Å². The minimum atomic E-state index is -0.504. The zero-order valence-electron chi connectivity index (χ0n) is 12.7. The molecule has 6 nitrogen and oxygen atoms in total. The van der Waals surface area contributed by atoms with Crippen LogP contribution in [0.4, 0.5) is 5.69 Å². The Labute approximate surface area is 134 Å². The summed E-state index contributed by atoms with van der Waals surface area (Å²) in [6, 6.07) is 10.4. The van der Waals surface area contributed by atoms with Crippen LogP contribution in [0.15, 0.2) is 48.3 Å². The normalized spacial score (nSPS) is 10.6. The van der Waals surface area contributed by atoms with Crippen molar-refractivity contribution in [3.8, 4) is 17.6 Å². The first-order valence-electron chi connectivity index (χ1n) is 6.73. The second kappa shape index (κ2) is 7.61. The summed E-state index contributed by atoms with van der Waals surface area (Å²) in [5.41, 5.74) is 1.15. The Bertz CT molecular complexity index is 764. The molecule has 116 valence electrons. The average Bonchev–Trinajstić information content (AvgIpc) is 2.60. The summed E-state index contributed by atoms with van der Waals surface area (Å²) in [7, 11) is 3.06. The van der Waals surface area contributed by atoms with Crippen LogP contribution in [-0.2, 0) is 4.79 Å². The largest absolute Gasteiger partial charge is 0.493 e. The number of rotatable bonds is 5. The number of nitriles is 1. The minimum Gasteiger partial charge on any atom is -0.493 e. The van der Waals surface area contributed by atoms with Gasteiger partial charge in [-0.1, -0.05) is 6.07 Å². The van der Waals surface area contributed by atoms with Crippen molar-refractivity contribution in [3.63, 3.8) is 0 Å². The lowest BCUT2D eigenvalue weighted by molar-refractivity contribution is -0.112. The van der Waals surface area contributed by atoms with Gasteiger partial charge in [-0.15, -0.1) is 0 Å². The number of methoxy groups -OCH3 is 2. The molecule has 0 bridgehead atoms. The third-order valence-corrected chi connectivity index (χ3v) is 3.00. The maximum absolute atomic E-state index is 12.1. The number of hydrogen-bond donors (Lipinski definition) is 1. The Kier molecular flexibility index (Phi) is 5.31. The predicted molar refractivity (Wildman–Crippen MR) is 86.0 cm³/mol. The van der Waals surface area contributed by atoms with Crippen LogP contribution in [0.1, 0.15) is 5.56 Å². The second-order valence-electron chi connectivity index (χ2n) is 4.48. The van der Waals surface area contributed by atoms with Crippen LogP contribution in [0, 0.1) is 11.3 Å². The zero-order valence-corrected chi connectivity index (χ0v) is 12.7. The number of aromatic nitrogens is 1. The molecule has 0 radical (unpaired) electrons. The molecule has 1 heterocycles. The number of carbonyl (C=O) groups is 1. The van der Waals surface area contributed by atoms with Crippen molar-refractivity contribution in [1.29, 1.82) is 5.26 Å². The first-order valence-corrected chi connectivity index (χ1v) is 6.73. The molecule has 1 amide bonds. The van der Waals surface area contributed by atoms with E-state index in [1.165, 1.54) is 26.5 Å². The molecule has 1 aromatic carbocycles. The van der Waals surface area contributed by atoms with E-state index in [0.29, 0.717) is 22.7 Å². The Morgan fingerprint density at radius 3 is 2.65 bits per heavy atom. The maximum atomic E-state index is 12.1. The Morgan fingerprint density at radius 1 is 1.26 bits per heavy atom. The van der Waals surface area contributed by atoms with Gasteiger partial charge in [0.25, 0.3) is 5.91 Å². The Hall–Kier alpha value is -3.33. The van der Waals surface area contributed by atoms with Crippen molar-refractivity contribution in [1.82, 2.24) is 4.98 Å². The molecule has 6 heteroatoms. The van der Waals surface area contributed by atoms with Crippen LogP contribution in [-0.4, -0.2) is 25.1 Å². The van der Waals surface area contributed by atoms with Crippen LogP contribution in [0.3, 0.4) is 0 Å². The topological polar surface area (TPSA) is 84.2 Å². The van der Waals surface area contributed by atoms with Gasteiger partial charge in [0.1, 0.15) is 11.6 Å². The number of benzene rings is 1. The summed E-state index contributed by atoms with van der Waals surface area (Å²) in [6.45, 7) is 0. The van der Waals surface area contributed by atoms with E-state index in [1.807, 2.05) is 6.07 Å². The van der Waals surface area contributed by atoms with Crippen LogP contribution in [0.25, 0.3) is 6.08 Å². The van der Waals surface area contributed by atoms with Gasteiger partial charge in [0, 0.05) is 6.20 Å². The van der Waals surface area contributed by atoms with Gasteiger partial charge in [0.05, 0.1) is 26.1 Å². The number of carbonyl (C=O) groups excluding carboxylic acids is 1. The Balaban J connectivity index is 2.25. The molecule has 2 aromatic rings. The molecular weight excluding hydrogens is 294 g/mol. The van der Waals surface area contributed by atoms with E-state index in [4.69, 9.17) is 9.47 Å². The molecule has 0 atom stereocenters. The second-order valence-corrected chi connectivity index (χ2v) is 4.48. The van der Waals surface area contributed by atoms with Crippen LogP contribution in [0.2, 0.25) is 0 Å². The van der Waals surface area contributed by atoms with E-state index >= 15 is 0 Å². The molecule has 0 aliphatic carbocycles. The zero-order chi connectivity index (χ0) is 16.7. The van der Waals surface area contributed by atoms with Crippen molar-refractivity contribution in [3.05, 3.63) is 53.9 Å². The number of amides is 1. The van der Waals surface area contributed by atoms with Gasteiger partial charge in [-0.05, 0) is 35.9 Å². The number of ether oxygens (including phenoxy) is 2. The highest BCUT2D eigenvalue weighted by molar-refractivity contribution is 6.09. The molecule has 23 heavy (non-hydrogen) atoms. The van der Waals surface area contributed by atoms with Crippen molar-refractivity contribution < 1.29 is 14.3 Å². The van der Waals surface area contributed by atoms with Crippen molar-refractivity contribution in [2.24, 2.45) is 0 Å².